The van der Waals surface area contributed by atoms with E-state index in [9.17, 15) is 4.39 Å². The van der Waals surface area contributed by atoms with Crippen molar-refractivity contribution in [3.8, 4) is 0 Å². The lowest BCUT2D eigenvalue weighted by atomic mass is 10.2. The molecule has 5 heteroatoms. The summed E-state index contributed by atoms with van der Waals surface area (Å²) in [6, 6.07) is 5.30. The maximum atomic E-state index is 13.3. The van der Waals surface area contributed by atoms with Crippen molar-refractivity contribution < 1.29 is 4.39 Å². The summed E-state index contributed by atoms with van der Waals surface area (Å²) in [6.45, 7) is 4.79. The monoisotopic (exact) mass is 264 g/mol. The lowest BCUT2D eigenvalue weighted by Crippen LogP contribution is -2.50. The van der Waals surface area contributed by atoms with E-state index in [0.717, 1.165) is 25.3 Å². The highest BCUT2D eigenvalue weighted by Gasteiger charge is 2.21. The number of piperazine rings is 1. The zero-order chi connectivity index (χ0) is 10.8. The second-order valence-corrected chi connectivity index (χ2v) is 4.20. The number of hydrogen-bond acceptors (Lipinski definition) is 2. The normalized spacial score (nSPS) is 20.4. The first-order valence-electron chi connectivity index (χ1n) is 5.11. The van der Waals surface area contributed by atoms with Gasteiger partial charge in [-0.15, -0.1) is 12.4 Å². The molecule has 16 heavy (non-hydrogen) atoms. The number of nitrogens with one attached hydrogen (secondary N) is 1. The van der Waals surface area contributed by atoms with Gasteiger partial charge in [0.25, 0.3) is 0 Å². The molecule has 1 N–H and O–H groups in total. The molecule has 0 spiro atoms. The van der Waals surface area contributed by atoms with E-state index < -0.39 is 0 Å². The van der Waals surface area contributed by atoms with Gasteiger partial charge in [-0.3, -0.25) is 0 Å². The van der Waals surface area contributed by atoms with Gasteiger partial charge in [0.2, 0.25) is 0 Å². The van der Waals surface area contributed by atoms with E-state index in [4.69, 9.17) is 11.6 Å². The SMILES string of the molecule is C[C@H]1CNCCN1c1cccc(F)c1Cl.Cl. The molecular formula is C11H15Cl2FN2. The van der Waals surface area contributed by atoms with Crippen LogP contribution >= 0.6 is 24.0 Å². The minimum absolute atomic E-state index is 0. The molecule has 0 radical (unpaired) electrons. The Morgan fingerprint density at radius 1 is 1.50 bits per heavy atom. The first-order valence-corrected chi connectivity index (χ1v) is 5.49. The number of halogens is 3. The molecule has 1 aliphatic rings. The van der Waals surface area contributed by atoms with Gasteiger partial charge in [-0.2, -0.15) is 0 Å². The van der Waals surface area contributed by atoms with Crippen molar-refractivity contribution in [1.82, 2.24) is 5.32 Å². The Balaban J connectivity index is 0.00000128. The third-order valence-electron chi connectivity index (χ3n) is 2.74. The summed E-state index contributed by atoms with van der Waals surface area (Å²) in [5, 5.41) is 3.52. The Morgan fingerprint density at radius 3 is 2.94 bits per heavy atom. The Morgan fingerprint density at radius 2 is 2.25 bits per heavy atom. The predicted octanol–water partition coefficient (Wildman–Crippen LogP) is 2.70. The van der Waals surface area contributed by atoms with Crippen LogP contribution in [0.2, 0.25) is 5.02 Å². The van der Waals surface area contributed by atoms with E-state index in [-0.39, 0.29) is 23.2 Å². The summed E-state index contributed by atoms with van der Waals surface area (Å²) < 4.78 is 13.3. The maximum Gasteiger partial charge on any atom is 0.143 e. The standard InChI is InChI=1S/C11H14ClFN2.ClH/c1-8-7-14-5-6-15(8)10-4-2-3-9(13)11(10)12;/h2-4,8,14H,5-7H2,1H3;1H/t8-;/m0./s1. The molecule has 0 saturated carbocycles. The lowest BCUT2D eigenvalue weighted by Gasteiger charge is -2.36. The van der Waals surface area contributed by atoms with Crippen LogP contribution in [0.1, 0.15) is 6.92 Å². The fraction of sp³-hybridized carbons (Fsp3) is 0.455. The number of hydrogen-bond donors (Lipinski definition) is 1. The Kier molecular flexibility index (Phi) is 4.84. The van der Waals surface area contributed by atoms with Crippen molar-refractivity contribution in [1.29, 1.82) is 0 Å². The highest BCUT2D eigenvalue weighted by molar-refractivity contribution is 6.33. The first-order chi connectivity index (χ1) is 7.20. The molecule has 2 rings (SSSR count). The fourth-order valence-corrected chi connectivity index (χ4v) is 2.15. The summed E-state index contributed by atoms with van der Waals surface area (Å²) in [7, 11) is 0. The second-order valence-electron chi connectivity index (χ2n) is 3.82. The van der Waals surface area contributed by atoms with Gasteiger partial charge in [-0.25, -0.2) is 4.39 Å². The van der Waals surface area contributed by atoms with Crippen LogP contribution in [-0.2, 0) is 0 Å². The summed E-state index contributed by atoms with van der Waals surface area (Å²) >= 11 is 5.95. The van der Waals surface area contributed by atoms with E-state index in [0.29, 0.717) is 6.04 Å². The Bertz CT molecular complexity index is 360. The zero-order valence-electron chi connectivity index (χ0n) is 9.04. The van der Waals surface area contributed by atoms with Crippen LogP contribution in [0.15, 0.2) is 18.2 Å². The second kappa shape index (κ2) is 5.71. The molecule has 1 heterocycles. The first kappa shape index (κ1) is 13.6. The van der Waals surface area contributed by atoms with Crippen LogP contribution in [0.25, 0.3) is 0 Å². The van der Waals surface area contributed by atoms with Crippen molar-refractivity contribution in [3.05, 3.63) is 29.0 Å². The van der Waals surface area contributed by atoms with Gasteiger partial charge in [0.1, 0.15) is 5.82 Å². The van der Waals surface area contributed by atoms with E-state index in [1.54, 1.807) is 6.07 Å². The average molecular weight is 265 g/mol. The van der Waals surface area contributed by atoms with Crippen LogP contribution in [-0.4, -0.2) is 25.7 Å². The van der Waals surface area contributed by atoms with E-state index in [1.807, 2.05) is 6.07 Å². The molecule has 1 aromatic carbocycles. The minimum atomic E-state index is -0.347. The van der Waals surface area contributed by atoms with Crippen molar-refractivity contribution in [3.63, 3.8) is 0 Å². The summed E-state index contributed by atoms with van der Waals surface area (Å²) in [4.78, 5) is 2.14. The zero-order valence-corrected chi connectivity index (χ0v) is 10.6. The third-order valence-corrected chi connectivity index (χ3v) is 3.12. The highest BCUT2D eigenvalue weighted by Crippen LogP contribution is 2.29. The van der Waals surface area contributed by atoms with Gasteiger partial charge in [0.05, 0.1) is 10.7 Å². The fourth-order valence-electron chi connectivity index (χ4n) is 1.91. The van der Waals surface area contributed by atoms with Crippen LogP contribution < -0.4 is 10.2 Å². The third kappa shape index (κ3) is 2.59. The van der Waals surface area contributed by atoms with Crippen LogP contribution in [0.4, 0.5) is 10.1 Å². The Labute approximate surface area is 106 Å². The lowest BCUT2D eigenvalue weighted by molar-refractivity contribution is 0.499. The van der Waals surface area contributed by atoms with E-state index in [1.165, 1.54) is 6.07 Å². The van der Waals surface area contributed by atoms with E-state index in [2.05, 4.69) is 17.1 Å². The molecule has 90 valence electrons. The molecule has 0 amide bonds. The molecule has 1 aromatic rings. The molecule has 1 fully saturated rings. The largest absolute Gasteiger partial charge is 0.365 e. The quantitative estimate of drug-likeness (QED) is 0.839. The summed E-state index contributed by atoms with van der Waals surface area (Å²) in [5.41, 5.74) is 0.797. The molecule has 0 aromatic heterocycles. The number of nitrogens with zero attached hydrogens (tertiary/aromatic N) is 1. The average Bonchev–Trinajstić information content (AvgIpc) is 2.23. The van der Waals surface area contributed by atoms with Gasteiger partial charge in [-0.05, 0) is 19.1 Å². The predicted molar refractivity (Wildman–Crippen MR) is 68.3 cm³/mol. The summed E-state index contributed by atoms with van der Waals surface area (Å²) in [5.74, 6) is -0.347. The van der Waals surface area contributed by atoms with Crippen LogP contribution in [0.3, 0.4) is 0 Å². The van der Waals surface area contributed by atoms with Gasteiger partial charge < -0.3 is 10.2 Å². The topological polar surface area (TPSA) is 15.3 Å². The van der Waals surface area contributed by atoms with Crippen molar-refractivity contribution in [2.24, 2.45) is 0 Å². The van der Waals surface area contributed by atoms with Crippen molar-refractivity contribution in [2.45, 2.75) is 13.0 Å². The minimum Gasteiger partial charge on any atom is -0.365 e. The van der Waals surface area contributed by atoms with Gasteiger partial charge in [0.15, 0.2) is 0 Å². The van der Waals surface area contributed by atoms with Crippen LogP contribution in [0.5, 0.6) is 0 Å². The number of benzene rings is 1. The Hall–Kier alpha value is -0.510. The molecule has 1 atom stereocenters. The van der Waals surface area contributed by atoms with Crippen LogP contribution in [0, 0.1) is 5.82 Å². The molecule has 0 bridgehead atoms. The molecule has 0 aliphatic carbocycles. The number of rotatable bonds is 1. The van der Waals surface area contributed by atoms with Gasteiger partial charge in [0, 0.05) is 25.7 Å². The summed E-state index contributed by atoms with van der Waals surface area (Å²) in [6.07, 6.45) is 0. The highest BCUT2D eigenvalue weighted by atomic mass is 35.5. The van der Waals surface area contributed by atoms with Crippen molar-refractivity contribution >= 4 is 29.7 Å². The maximum absolute atomic E-state index is 13.3. The number of anilines is 1. The van der Waals surface area contributed by atoms with E-state index >= 15 is 0 Å². The van der Waals surface area contributed by atoms with Gasteiger partial charge >= 0.3 is 0 Å². The molecule has 1 aliphatic heterocycles. The molecule has 1 saturated heterocycles. The van der Waals surface area contributed by atoms with Gasteiger partial charge in [-0.1, -0.05) is 17.7 Å². The molecule has 2 nitrogen and oxygen atoms in total. The molecular weight excluding hydrogens is 250 g/mol. The van der Waals surface area contributed by atoms with Crippen molar-refractivity contribution in [2.75, 3.05) is 24.5 Å². The molecule has 0 unspecified atom stereocenters. The smallest absolute Gasteiger partial charge is 0.143 e.